The highest BCUT2D eigenvalue weighted by Gasteiger charge is 2.43. The van der Waals surface area contributed by atoms with Crippen LogP contribution in [0, 0.1) is 0 Å². The van der Waals surface area contributed by atoms with Gasteiger partial charge in [-0.2, -0.15) is 0 Å². The molecule has 23 heavy (non-hydrogen) atoms. The van der Waals surface area contributed by atoms with E-state index in [0.29, 0.717) is 0 Å². The summed E-state index contributed by atoms with van der Waals surface area (Å²) >= 11 is 1.86. The molecule has 1 spiro atoms. The molecule has 1 unspecified atom stereocenters. The fourth-order valence-corrected chi connectivity index (χ4v) is 5.40. The van der Waals surface area contributed by atoms with E-state index in [1.165, 1.54) is 35.1 Å². The van der Waals surface area contributed by atoms with E-state index in [2.05, 4.69) is 21.8 Å². The maximum absolute atomic E-state index is 6.04. The molecule has 0 amide bonds. The predicted octanol–water partition coefficient (Wildman–Crippen LogP) is 2.91. The van der Waals surface area contributed by atoms with Gasteiger partial charge in [0, 0.05) is 30.8 Å². The quantitative estimate of drug-likeness (QED) is 0.804. The summed E-state index contributed by atoms with van der Waals surface area (Å²) in [5, 5.41) is 1.31. The first-order valence-corrected chi connectivity index (χ1v) is 9.38. The van der Waals surface area contributed by atoms with Crippen LogP contribution in [0.1, 0.15) is 36.6 Å². The Morgan fingerprint density at radius 2 is 2.13 bits per heavy atom. The highest BCUT2D eigenvalue weighted by Crippen LogP contribution is 2.42. The summed E-state index contributed by atoms with van der Waals surface area (Å²) < 4.78 is 12.0. The zero-order chi connectivity index (χ0) is 15.4. The topological polar surface area (TPSA) is 47.5 Å². The third kappa shape index (κ3) is 2.19. The smallest absolute Gasteiger partial charge is 0.172 e. The first kappa shape index (κ1) is 14.1. The molecule has 2 aromatic heterocycles. The number of fused-ring (bicyclic) bond motifs is 3. The summed E-state index contributed by atoms with van der Waals surface area (Å²) in [7, 11) is 0. The largest absolute Gasteiger partial charge is 0.356 e. The molecule has 2 aromatic rings. The molecular formula is C17H21N3O2S. The lowest BCUT2D eigenvalue weighted by Gasteiger charge is -2.38. The molecule has 0 bridgehead atoms. The number of nitrogens with zero attached hydrogens (tertiary/aromatic N) is 3. The van der Waals surface area contributed by atoms with Crippen molar-refractivity contribution >= 4 is 27.4 Å². The zero-order valence-corrected chi connectivity index (χ0v) is 14.2. The van der Waals surface area contributed by atoms with E-state index >= 15 is 0 Å². The van der Waals surface area contributed by atoms with Crippen LogP contribution in [0.25, 0.3) is 10.2 Å². The van der Waals surface area contributed by atoms with Crippen LogP contribution in [-0.2, 0) is 22.3 Å². The Hall–Kier alpha value is -1.24. The van der Waals surface area contributed by atoms with Gasteiger partial charge in [-0.05, 0) is 31.7 Å². The minimum absolute atomic E-state index is 0.215. The van der Waals surface area contributed by atoms with E-state index in [1.54, 1.807) is 6.33 Å². The third-order valence-corrected chi connectivity index (χ3v) is 6.50. The lowest BCUT2D eigenvalue weighted by molar-refractivity contribution is -0.178. The van der Waals surface area contributed by atoms with Crippen LogP contribution in [0.15, 0.2) is 6.33 Å². The Morgan fingerprint density at radius 3 is 2.91 bits per heavy atom. The minimum atomic E-state index is -0.349. The molecule has 0 aromatic carbocycles. The fourth-order valence-electron chi connectivity index (χ4n) is 4.18. The maximum Gasteiger partial charge on any atom is 0.172 e. The zero-order valence-electron chi connectivity index (χ0n) is 13.4. The lowest BCUT2D eigenvalue weighted by atomic mass is 10.0. The first-order chi connectivity index (χ1) is 11.2. The van der Waals surface area contributed by atoms with E-state index < -0.39 is 0 Å². The molecule has 5 rings (SSSR count). The summed E-state index contributed by atoms with van der Waals surface area (Å²) in [4.78, 5) is 14.2. The van der Waals surface area contributed by atoms with Crippen LogP contribution in [-0.4, -0.2) is 41.6 Å². The molecule has 1 atom stereocenters. The summed E-state index contributed by atoms with van der Waals surface area (Å²) in [5.41, 5.74) is 1.50. The van der Waals surface area contributed by atoms with Gasteiger partial charge in [0.05, 0.1) is 18.1 Å². The molecule has 1 aliphatic carbocycles. The minimum Gasteiger partial charge on any atom is -0.356 e. The Balaban J connectivity index is 1.46. The van der Waals surface area contributed by atoms with E-state index in [1.807, 2.05) is 11.3 Å². The van der Waals surface area contributed by atoms with Gasteiger partial charge in [0.2, 0.25) is 0 Å². The van der Waals surface area contributed by atoms with Crippen LogP contribution in [0.3, 0.4) is 0 Å². The SMILES string of the molecule is CC1COC2(CCN(c3ncnc4sc5c(c34)CCC5)CC2)O1. The number of anilines is 1. The number of hydrogen-bond donors (Lipinski definition) is 0. The first-order valence-electron chi connectivity index (χ1n) is 8.56. The van der Waals surface area contributed by atoms with E-state index in [-0.39, 0.29) is 11.9 Å². The third-order valence-electron chi connectivity index (χ3n) is 5.30. The number of piperidine rings is 1. The van der Waals surface area contributed by atoms with E-state index in [0.717, 1.165) is 43.2 Å². The van der Waals surface area contributed by atoms with Crippen molar-refractivity contribution in [2.45, 2.75) is 50.9 Å². The number of thiophene rings is 1. The van der Waals surface area contributed by atoms with Crippen molar-refractivity contribution in [3.63, 3.8) is 0 Å². The van der Waals surface area contributed by atoms with Gasteiger partial charge in [0.1, 0.15) is 17.0 Å². The number of aryl methyl sites for hydroxylation is 2. The Morgan fingerprint density at radius 1 is 1.26 bits per heavy atom. The predicted molar refractivity (Wildman–Crippen MR) is 90.1 cm³/mol. The number of ether oxygens (including phenoxy) is 2. The van der Waals surface area contributed by atoms with Crippen molar-refractivity contribution in [1.82, 2.24) is 9.97 Å². The van der Waals surface area contributed by atoms with E-state index in [9.17, 15) is 0 Å². The van der Waals surface area contributed by atoms with Crippen LogP contribution in [0.2, 0.25) is 0 Å². The molecule has 6 heteroatoms. The average Bonchev–Trinajstić information content (AvgIpc) is 3.23. The summed E-state index contributed by atoms with van der Waals surface area (Å²) in [6.07, 6.45) is 7.42. The van der Waals surface area contributed by atoms with Crippen molar-refractivity contribution in [2.75, 3.05) is 24.6 Å². The van der Waals surface area contributed by atoms with Gasteiger partial charge in [0.15, 0.2) is 5.79 Å². The molecule has 0 radical (unpaired) electrons. The monoisotopic (exact) mass is 331 g/mol. The second kappa shape index (κ2) is 5.13. The highest BCUT2D eigenvalue weighted by atomic mass is 32.1. The van der Waals surface area contributed by atoms with Crippen LogP contribution in [0.5, 0.6) is 0 Å². The molecule has 2 aliphatic heterocycles. The summed E-state index contributed by atoms with van der Waals surface area (Å²) in [5.74, 6) is 0.772. The molecule has 0 saturated carbocycles. The maximum atomic E-state index is 6.04. The number of aromatic nitrogens is 2. The molecule has 4 heterocycles. The number of hydrogen-bond acceptors (Lipinski definition) is 6. The number of rotatable bonds is 1. The molecule has 5 nitrogen and oxygen atoms in total. The van der Waals surface area contributed by atoms with Crippen molar-refractivity contribution in [2.24, 2.45) is 0 Å². The van der Waals surface area contributed by atoms with Crippen molar-refractivity contribution < 1.29 is 9.47 Å². The Labute approximate surface area is 139 Å². The van der Waals surface area contributed by atoms with Gasteiger partial charge in [0.25, 0.3) is 0 Å². The fraction of sp³-hybridized carbons (Fsp3) is 0.647. The van der Waals surface area contributed by atoms with Crippen molar-refractivity contribution in [3.8, 4) is 0 Å². The normalized spacial score (nSPS) is 26.3. The van der Waals surface area contributed by atoms with Crippen molar-refractivity contribution in [1.29, 1.82) is 0 Å². The Kier molecular flexibility index (Phi) is 3.15. The molecular weight excluding hydrogens is 310 g/mol. The van der Waals surface area contributed by atoms with Crippen LogP contribution in [0.4, 0.5) is 5.82 Å². The standard InChI is InChI=1S/C17H21N3O2S/c1-11-9-21-17(22-11)5-7-20(8-6-17)15-14-12-3-2-4-13(12)23-16(14)19-10-18-15/h10-11H,2-9H2,1H3. The molecule has 2 fully saturated rings. The van der Waals surface area contributed by atoms with Gasteiger partial charge in [-0.1, -0.05) is 0 Å². The van der Waals surface area contributed by atoms with Crippen LogP contribution >= 0.6 is 11.3 Å². The molecule has 0 N–H and O–H groups in total. The second-order valence-corrected chi connectivity index (χ2v) is 7.96. The second-order valence-electron chi connectivity index (χ2n) is 6.87. The van der Waals surface area contributed by atoms with Gasteiger partial charge in [-0.3, -0.25) is 0 Å². The van der Waals surface area contributed by atoms with Gasteiger partial charge in [-0.25, -0.2) is 9.97 Å². The highest BCUT2D eigenvalue weighted by molar-refractivity contribution is 7.19. The van der Waals surface area contributed by atoms with Gasteiger partial charge >= 0.3 is 0 Å². The molecule has 2 saturated heterocycles. The lowest BCUT2D eigenvalue weighted by Crippen LogP contribution is -2.45. The molecule has 3 aliphatic rings. The van der Waals surface area contributed by atoms with Crippen LogP contribution < -0.4 is 4.90 Å². The van der Waals surface area contributed by atoms with Gasteiger partial charge < -0.3 is 14.4 Å². The van der Waals surface area contributed by atoms with Gasteiger partial charge in [-0.15, -0.1) is 11.3 Å². The average molecular weight is 331 g/mol. The molecule has 122 valence electrons. The summed E-state index contributed by atoms with van der Waals surface area (Å²) in [6.45, 7) is 4.67. The Bertz CT molecular complexity index is 752. The summed E-state index contributed by atoms with van der Waals surface area (Å²) in [6, 6.07) is 0. The van der Waals surface area contributed by atoms with E-state index in [4.69, 9.17) is 9.47 Å². The van der Waals surface area contributed by atoms with Crippen molar-refractivity contribution in [3.05, 3.63) is 16.8 Å².